The summed E-state index contributed by atoms with van der Waals surface area (Å²) in [5.41, 5.74) is 2.46. The molecule has 0 spiro atoms. The smallest absolute Gasteiger partial charge is 0.330 e. The zero-order valence-corrected chi connectivity index (χ0v) is 19.4. The van der Waals surface area contributed by atoms with Gasteiger partial charge in [0.25, 0.3) is 5.91 Å². The number of hydrogen-bond acceptors (Lipinski definition) is 4. The number of carbonyl (C=O) groups excluding carboxylic acids is 1. The van der Waals surface area contributed by atoms with Crippen LogP contribution in [0.15, 0.2) is 64.4 Å². The molecule has 0 aliphatic heterocycles. The molecule has 1 atom stereocenters. The minimum atomic E-state index is -3.52. The van der Waals surface area contributed by atoms with Gasteiger partial charge in [0.15, 0.2) is 0 Å². The number of imidazole rings is 1. The maximum absolute atomic E-state index is 12.7. The SMILES string of the molecule is CCN(CC)S(=O)(=O)c1ccc(C(C)NC(=O)c2ccc(-n3c(C)c[nH]c3=O)cc2)cc1. The van der Waals surface area contributed by atoms with Gasteiger partial charge in [0.2, 0.25) is 10.0 Å². The van der Waals surface area contributed by atoms with Crippen molar-refractivity contribution in [3.05, 3.63) is 82.0 Å². The molecule has 0 aliphatic carbocycles. The summed E-state index contributed by atoms with van der Waals surface area (Å²) in [5, 5.41) is 2.92. The van der Waals surface area contributed by atoms with Gasteiger partial charge in [-0.3, -0.25) is 9.36 Å². The number of carbonyl (C=O) groups is 1. The Balaban J connectivity index is 1.71. The van der Waals surface area contributed by atoms with E-state index in [0.29, 0.717) is 24.3 Å². The van der Waals surface area contributed by atoms with Crippen LogP contribution in [0.25, 0.3) is 5.69 Å². The third kappa shape index (κ3) is 4.68. The van der Waals surface area contributed by atoms with E-state index >= 15 is 0 Å². The molecular weight excluding hydrogens is 428 g/mol. The second kappa shape index (κ2) is 9.54. The lowest BCUT2D eigenvalue weighted by Crippen LogP contribution is -2.30. The maximum atomic E-state index is 12.7. The molecule has 0 fully saturated rings. The first-order valence-electron chi connectivity index (χ1n) is 10.5. The van der Waals surface area contributed by atoms with Gasteiger partial charge in [0, 0.05) is 30.5 Å². The predicted molar refractivity (Wildman–Crippen MR) is 124 cm³/mol. The normalized spacial score (nSPS) is 12.7. The molecular formula is C23H28N4O4S. The average Bonchev–Trinajstić information content (AvgIpc) is 3.12. The van der Waals surface area contributed by atoms with Gasteiger partial charge in [0.05, 0.1) is 16.6 Å². The summed E-state index contributed by atoms with van der Waals surface area (Å²) >= 11 is 0. The Kier molecular flexibility index (Phi) is 7.00. The van der Waals surface area contributed by atoms with Crippen molar-refractivity contribution in [1.82, 2.24) is 19.2 Å². The molecule has 0 saturated carbocycles. The van der Waals surface area contributed by atoms with E-state index in [4.69, 9.17) is 0 Å². The van der Waals surface area contributed by atoms with Gasteiger partial charge in [-0.25, -0.2) is 13.2 Å². The first kappa shape index (κ1) is 23.5. The van der Waals surface area contributed by atoms with Crippen molar-refractivity contribution < 1.29 is 13.2 Å². The highest BCUT2D eigenvalue weighted by Crippen LogP contribution is 2.20. The summed E-state index contributed by atoms with van der Waals surface area (Å²) in [4.78, 5) is 27.4. The van der Waals surface area contributed by atoms with Crippen LogP contribution in [0.3, 0.4) is 0 Å². The number of sulfonamides is 1. The number of amides is 1. The van der Waals surface area contributed by atoms with Crippen LogP contribution in [0.5, 0.6) is 0 Å². The number of nitrogens with zero attached hydrogens (tertiary/aromatic N) is 2. The number of hydrogen-bond donors (Lipinski definition) is 2. The first-order chi connectivity index (χ1) is 15.2. The molecule has 8 nitrogen and oxygen atoms in total. The Bertz CT molecular complexity index is 1240. The minimum Gasteiger partial charge on any atom is -0.346 e. The Hall–Kier alpha value is -3.17. The molecule has 3 rings (SSSR count). The van der Waals surface area contributed by atoms with Crippen molar-refractivity contribution in [3.8, 4) is 5.69 Å². The fourth-order valence-corrected chi connectivity index (χ4v) is 5.00. The second-order valence-electron chi connectivity index (χ2n) is 7.47. The molecule has 1 amide bonds. The lowest BCUT2D eigenvalue weighted by molar-refractivity contribution is 0.0940. The Morgan fingerprint density at radius 3 is 2.16 bits per heavy atom. The van der Waals surface area contributed by atoms with Crippen LogP contribution in [-0.4, -0.2) is 41.3 Å². The van der Waals surface area contributed by atoms with Crippen LogP contribution in [0.1, 0.15) is 48.4 Å². The number of aromatic amines is 1. The Morgan fingerprint density at radius 1 is 1.06 bits per heavy atom. The number of H-pyrrole nitrogens is 1. The van der Waals surface area contributed by atoms with E-state index in [-0.39, 0.29) is 22.5 Å². The van der Waals surface area contributed by atoms with E-state index in [0.717, 1.165) is 11.3 Å². The van der Waals surface area contributed by atoms with Crippen molar-refractivity contribution in [1.29, 1.82) is 0 Å². The molecule has 9 heteroatoms. The van der Waals surface area contributed by atoms with E-state index in [1.54, 1.807) is 68.6 Å². The monoisotopic (exact) mass is 456 g/mol. The average molecular weight is 457 g/mol. The van der Waals surface area contributed by atoms with Crippen LogP contribution in [0.4, 0.5) is 0 Å². The van der Waals surface area contributed by atoms with Gasteiger partial charge >= 0.3 is 5.69 Å². The summed E-state index contributed by atoms with van der Waals surface area (Å²) in [6, 6.07) is 13.0. The zero-order chi connectivity index (χ0) is 23.5. The minimum absolute atomic E-state index is 0.231. The summed E-state index contributed by atoms with van der Waals surface area (Å²) in [5.74, 6) is -0.262. The third-order valence-electron chi connectivity index (χ3n) is 5.42. The molecule has 1 aromatic heterocycles. The standard InChI is InChI=1S/C23H28N4O4S/c1-5-26(6-2)32(30,31)21-13-9-18(10-14-21)17(4)25-22(28)19-7-11-20(12-8-19)27-16(3)15-24-23(27)29/h7-15,17H,5-6H2,1-4H3,(H,24,29)(H,25,28). The highest BCUT2D eigenvalue weighted by atomic mass is 32.2. The number of aryl methyl sites for hydroxylation is 1. The van der Waals surface area contributed by atoms with Gasteiger partial charge in [-0.1, -0.05) is 26.0 Å². The molecule has 0 saturated heterocycles. The van der Waals surface area contributed by atoms with Gasteiger partial charge in [-0.05, 0) is 55.8 Å². The fourth-order valence-electron chi connectivity index (χ4n) is 3.54. The van der Waals surface area contributed by atoms with Crippen molar-refractivity contribution in [2.75, 3.05) is 13.1 Å². The molecule has 1 heterocycles. The van der Waals surface area contributed by atoms with Crippen LogP contribution < -0.4 is 11.0 Å². The second-order valence-corrected chi connectivity index (χ2v) is 9.41. The van der Waals surface area contributed by atoms with E-state index in [9.17, 15) is 18.0 Å². The number of benzene rings is 2. The van der Waals surface area contributed by atoms with E-state index < -0.39 is 10.0 Å². The lowest BCUT2D eigenvalue weighted by Gasteiger charge is -2.19. The molecule has 0 bridgehead atoms. The van der Waals surface area contributed by atoms with Crippen LogP contribution >= 0.6 is 0 Å². The van der Waals surface area contributed by atoms with E-state index in [1.165, 1.54) is 8.87 Å². The topological polar surface area (TPSA) is 104 Å². The zero-order valence-electron chi connectivity index (χ0n) is 18.6. The quantitative estimate of drug-likeness (QED) is 0.544. The van der Waals surface area contributed by atoms with Crippen LogP contribution in [0.2, 0.25) is 0 Å². The molecule has 3 aromatic rings. The van der Waals surface area contributed by atoms with Crippen LogP contribution in [-0.2, 0) is 10.0 Å². The summed E-state index contributed by atoms with van der Waals surface area (Å²) < 4.78 is 28.2. The van der Waals surface area contributed by atoms with Crippen molar-refractivity contribution in [2.24, 2.45) is 0 Å². The van der Waals surface area contributed by atoms with Crippen molar-refractivity contribution in [2.45, 2.75) is 38.6 Å². The Labute approximate surface area is 187 Å². The highest BCUT2D eigenvalue weighted by Gasteiger charge is 2.22. The largest absolute Gasteiger partial charge is 0.346 e. The highest BCUT2D eigenvalue weighted by molar-refractivity contribution is 7.89. The predicted octanol–water partition coefficient (Wildman–Crippen LogP) is 3.00. The fraction of sp³-hybridized carbons (Fsp3) is 0.304. The van der Waals surface area contributed by atoms with E-state index in [1.807, 2.05) is 13.8 Å². The van der Waals surface area contributed by atoms with E-state index in [2.05, 4.69) is 10.3 Å². The molecule has 0 aliphatic rings. The summed E-state index contributed by atoms with van der Waals surface area (Å²) in [7, 11) is -3.52. The number of aromatic nitrogens is 2. The molecule has 2 aromatic carbocycles. The first-order valence-corrected chi connectivity index (χ1v) is 11.9. The molecule has 32 heavy (non-hydrogen) atoms. The molecule has 170 valence electrons. The van der Waals surface area contributed by atoms with Crippen molar-refractivity contribution in [3.63, 3.8) is 0 Å². The van der Waals surface area contributed by atoms with Gasteiger partial charge in [-0.2, -0.15) is 4.31 Å². The summed E-state index contributed by atoms with van der Waals surface area (Å²) in [6.45, 7) is 8.07. The molecule has 0 radical (unpaired) electrons. The lowest BCUT2D eigenvalue weighted by atomic mass is 10.1. The molecule has 1 unspecified atom stereocenters. The summed E-state index contributed by atoms with van der Waals surface area (Å²) in [6.07, 6.45) is 1.63. The van der Waals surface area contributed by atoms with Gasteiger partial charge in [0.1, 0.15) is 0 Å². The van der Waals surface area contributed by atoms with Gasteiger partial charge < -0.3 is 10.3 Å². The van der Waals surface area contributed by atoms with Crippen LogP contribution in [0, 0.1) is 6.92 Å². The number of rotatable bonds is 8. The third-order valence-corrected chi connectivity index (χ3v) is 7.48. The van der Waals surface area contributed by atoms with Crippen molar-refractivity contribution >= 4 is 15.9 Å². The molecule has 2 N–H and O–H groups in total. The Morgan fingerprint density at radius 2 is 1.66 bits per heavy atom. The van der Waals surface area contributed by atoms with Gasteiger partial charge in [-0.15, -0.1) is 0 Å². The number of nitrogens with one attached hydrogen (secondary N) is 2. The maximum Gasteiger partial charge on any atom is 0.330 e.